The number of carbonyl (C=O) groups excluding carboxylic acids is 2. The molecule has 0 saturated carbocycles. The van der Waals surface area contributed by atoms with Gasteiger partial charge in [0.15, 0.2) is 12.7 Å². The van der Waals surface area contributed by atoms with Crippen LogP contribution in [0.25, 0.3) is 0 Å². The molecule has 5 nitrogen and oxygen atoms in total. The molecule has 1 amide bonds. The molecule has 2 aromatic carbocycles. The Kier molecular flexibility index (Phi) is 6.39. The third-order valence-electron chi connectivity index (χ3n) is 4.15. The molecule has 1 N–H and O–H groups in total. The average molecular weight is 355 g/mol. The van der Waals surface area contributed by atoms with Crippen molar-refractivity contribution in [2.45, 2.75) is 40.7 Å². The lowest BCUT2D eigenvalue weighted by atomic mass is 10.1. The molecule has 2 rings (SSSR count). The van der Waals surface area contributed by atoms with Gasteiger partial charge in [0.25, 0.3) is 5.91 Å². The van der Waals surface area contributed by atoms with Gasteiger partial charge in [-0.05, 0) is 69.5 Å². The summed E-state index contributed by atoms with van der Waals surface area (Å²) in [6.45, 7) is 9.16. The van der Waals surface area contributed by atoms with Crippen molar-refractivity contribution in [3.8, 4) is 5.75 Å². The summed E-state index contributed by atoms with van der Waals surface area (Å²) in [5.74, 6) is -0.375. The molecule has 0 aliphatic rings. The maximum absolute atomic E-state index is 12.2. The monoisotopic (exact) mass is 355 g/mol. The van der Waals surface area contributed by atoms with E-state index in [1.807, 2.05) is 58.0 Å². The van der Waals surface area contributed by atoms with E-state index in [1.165, 1.54) is 6.92 Å². The van der Waals surface area contributed by atoms with Crippen molar-refractivity contribution in [3.05, 3.63) is 58.7 Å². The summed E-state index contributed by atoms with van der Waals surface area (Å²) >= 11 is 0. The Labute approximate surface area is 154 Å². The molecule has 0 fully saturated rings. The highest BCUT2D eigenvalue weighted by Gasteiger charge is 2.19. The molecule has 0 radical (unpaired) electrons. The number of hydrogen-bond donors (Lipinski definition) is 1. The molecule has 1 atom stereocenters. The fourth-order valence-corrected chi connectivity index (χ4v) is 2.42. The molecule has 0 saturated heterocycles. The Bertz CT molecular complexity index is 814. The van der Waals surface area contributed by atoms with Crippen LogP contribution in [0.2, 0.25) is 0 Å². The average Bonchev–Trinajstić information content (AvgIpc) is 2.58. The van der Waals surface area contributed by atoms with Crippen molar-refractivity contribution < 1.29 is 19.1 Å². The third kappa shape index (κ3) is 5.34. The number of nitrogens with one attached hydrogen (secondary N) is 1. The lowest BCUT2D eigenvalue weighted by molar-refractivity contribution is -0.155. The number of anilines is 1. The number of carbonyl (C=O) groups is 2. The van der Waals surface area contributed by atoms with Gasteiger partial charge in [-0.1, -0.05) is 23.8 Å². The van der Waals surface area contributed by atoms with E-state index in [0.717, 1.165) is 22.3 Å². The van der Waals surface area contributed by atoms with Crippen molar-refractivity contribution in [2.75, 3.05) is 11.9 Å². The van der Waals surface area contributed by atoms with Gasteiger partial charge in [-0.25, -0.2) is 4.79 Å². The zero-order valence-electron chi connectivity index (χ0n) is 15.9. The van der Waals surface area contributed by atoms with E-state index in [0.29, 0.717) is 11.4 Å². The quantitative estimate of drug-likeness (QED) is 0.799. The molecule has 0 aliphatic heterocycles. The summed E-state index contributed by atoms with van der Waals surface area (Å²) < 4.78 is 10.6. The standard InChI is InChI=1S/C21H25NO4/c1-13-6-9-19(16(4)10-13)22-21(24)17(5)26-20(23)12-25-18-8-7-14(2)15(3)11-18/h6-11,17H,12H2,1-5H3,(H,22,24)/t17-/m1/s1. The van der Waals surface area contributed by atoms with Gasteiger partial charge in [-0.3, -0.25) is 4.79 Å². The highest BCUT2D eigenvalue weighted by Crippen LogP contribution is 2.17. The Morgan fingerprint density at radius 3 is 2.35 bits per heavy atom. The topological polar surface area (TPSA) is 64.6 Å². The summed E-state index contributed by atoms with van der Waals surface area (Å²) in [5, 5.41) is 2.77. The maximum atomic E-state index is 12.2. The van der Waals surface area contributed by atoms with Crippen molar-refractivity contribution in [2.24, 2.45) is 0 Å². The van der Waals surface area contributed by atoms with Gasteiger partial charge in [0.2, 0.25) is 0 Å². The first-order valence-electron chi connectivity index (χ1n) is 8.54. The molecule has 138 valence electrons. The second kappa shape index (κ2) is 8.52. The number of esters is 1. The van der Waals surface area contributed by atoms with Gasteiger partial charge in [0, 0.05) is 5.69 Å². The lowest BCUT2D eigenvalue weighted by Crippen LogP contribution is -2.31. The number of hydrogen-bond acceptors (Lipinski definition) is 4. The SMILES string of the molecule is Cc1ccc(NC(=O)[C@@H](C)OC(=O)COc2ccc(C)c(C)c2)c(C)c1. The van der Waals surface area contributed by atoms with E-state index < -0.39 is 12.1 Å². The van der Waals surface area contributed by atoms with E-state index in [2.05, 4.69) is 5.32 Å². The Hall–Kier alpha value is -2.82. The largest absolute Gasteiger partial charge is 0.482 e. The van der Waals surface area contributed by atoms with E-state index in [9.17, 15) is 9.59 Å². The number of amides is 1. The molecule has 0 aliphatic carbocycles. The predicted octanol–water partition coefficient (Wildman–Crippen LogP) is 3.87. The van der Waals surface area contributed by atoms with Gasteiger partial charge >= 0.3 is 5.97 Å². The smallest absolute Gasteiger partial charge is 0.344 e. The van der Waals surface area contributed by atoms with Gasteiger partial charge in [0.1, 0.15) is 5.75 Å². The molecule has 0 bridgehead atoms. The first kappa shape index (κ1) is 19.5. The minimum Gasteiger partial charge on any atom is -0.482 e. The van der Waals surface area contributed by atoms with Gasteiger partial charge in [-0.2, -0.15) is 0 Å². The Morgan fingerprint density at radius 1 is 0.962 bits per heavy atom. The molecule has 0 aromatic heterocycles. The number of ether oxygens (including phenoxy) is 2. The summed E-state index contributed by atoms with van der Waals surface area (Å²) in [5.41, 5.74) is 5.00. The molecule has 0 unspecified atom stereocenters. The Morgan fingerprint density at radius 2 is 1.69 bits per heavy atom. The number of benzene rings is 2. The van der Waals surface area contributed by atoms with Crippen molar-refractivity contribution in [1.82, 2.24) is 0 Å². The highest BCUT2D eigenvalue weighted by molar-refractivity contribution is 5.95. The van der Waals surface area contributed by atoms with Crippen molar-refractivity contribution >= 4 is 17.6 Å². The summed E-state index contributed by atoms with van der Waals surface area (Å²) in [6.07, 6.45) is -0.911. The van der Waals surface area contributed by atoms with Crippen LogP contribution in [0.15, 0.2) is 36.4 Å². The number of rotatable bonds is 6. The van der Waals surface area contributed by atoms with Crippen molar-refractivity contribution in [3.63, 3.8) is 0 Å². The van der Waals surface area contributed by atoms with E-state index in [1.54, 1.807) is 6.07 Å². The molecule has 5 heteroatoms. The van der Waals surface area contributed by atoms with Crippen LogP contribution in [0.4, 0.5) is 5.69 Å². The summed E-state index contributed by atoms with van der Waals surface area (Å²) in [4.78, 5) is 24.1. The highest BCUT2D eigenvalue weighted by atomic mass is 16.6. The first-order chi connectivity index (χ1) is 12.3. The van der Waals surface area contributed by atoms with Crippen LogP contribution >= 0.6 is 0 Å². The fourth-order valence-electron chi connectivity index (χ4n) is 2.42. The predicted molar refractivity (Wildman–Crippen MR) is 102 cm³/mol. The second-order valence-corrected chi connectivity index (χ2v) is 6.47. The molecule has 0 spiro atoms. The van der Waals surface area contributed by atoms with Crippen molar-refractivity contribution in [1.29, 1.82) is 0 Å². The van der Waals surface area contributed by atoms with Crippen LogP contribution in [0, 0.1) is 27.7 Å². The van der Waals surface area contributed by atoms with Crippen LogP contribution < -0.4 is 10.1 Å². The molecule has 2 aromatic rings. The molecule has 0 heterocycles. The van der Waals surface area contributed by atoms with E-state index in [4.69, 9.17) is 9.47 Å². The zero-order chi connectivity index (χ0) is 19.3. The minimum absolute atomic E-state index is 0.246. The van der Waals surface area contributed by atoms with Crippen LogP contribution in [0.1, 0.15) is 29.2 Å². The zero-order valence-corrected chi connectivity index (χ0v) is 15.9. The molecule has 26 heavy (non-hydrogen) atoms. The van der Waals surface area contributed by atoms with Gasteiger partial charge < -0.3 is 14.8 Å². The first-order valence-corrected chi connectivity index (χ1v) is 8.54. The summed E-state index contributed by atoms with van der Waals surface area (Å²) in [6, 6.07) is 11.3. The van der Waals surface area contributed by atoms with E-state index in [-0.39, 0.29) is 12.5 Å². The molecular formula is C21H25NO4. The van der Waals surface area contributed by atoms with Gasteiger partial charge in [-0.15, -0.1) is 0 Å². The molecular weight excluding hydrogens is 330 g/mol. The van der Waals surface area contributed by atoms with Crippen LogP contribution in [0.5, 0.6) is 5.75 Å². The second-order valence-electron chi connectivity index (χ2n) is 6.47. The maximum Gasteiger partial charge on any atom is 0.344 e. The lowest BCUT2D eigenvalue weighted by Gasteiger charge is -2.15. The van der Waals surface area contributed by atoms with Crippen LogP contribution in [0.3, 0.4) is 0 Å². The normalized spacial score (nSPS) is 11.6. The van der Waals surface area contributed by atoms with E-state index >= 15 is 0 Å². The fraction of sp³-hybridized carbons (Fsp3) is 0.333. The Balaban J connectivity index is 1.85. The van der Waals surface area contributed by atoms with Gasteiger partial charge in [0.05, 0.1) is 0 Å². The minimum atomic E-state index is -0.911. The van der Waals surface area contributed by atoms with Crippen LogP contribution in [-0.4, -0.2) is 24.6 Å². The summed E-state index contributed by atoms with van der Waals surface area (Å²) in [7, 11) is 0. The number of aryl methyl sites for hydroxylation is 4. The van der Waals surface area contributed by atoms with Crippen LogP contribution in [-0.2, 0) is 14.3 Å². The third-order valence-corrected chi connectivity index (χ3v) is 4.15.